The van der Waals surface area contributed by atoms with Crippen molar-refractivity contribution in [2.75, 3.05) is 12.8 Å². The number of ether oxygens (including phenoxy) is 1. The predicted molar refractivity (Wildman–Crippen MR) is 131 cm³/mol. The molecule has 0 fully saturated rings. The topological polar surface area (TPSA) is 75.6 Å². The van der Waals surface area contributed by atoms with E-state index in [9.17, 15) is 14.7 Å². The van der Waals surface area contributed by atoms with Gasteiger partial charge in [0.15, 0.2) is 0 Å². The SMILES string of the molecule is CC(C)[C@H](NC(=O)OCC[P+](c1ccccc1)(c1ccccc1)c1ccccc1)C(=O)O.[Br-]. The molecule has 33 heavy (non-hydrogen) atoms. The van der Waals surface area contributed by atoms with Gasteiger partial charge in [-0.05, 0) is 42.3 Å². The number of hydrogen-bond acceptors (Lipinski definition) is 3. The Labute approximate surface area is 206 Å². The van der Waals surface area contributed by atoms with Crippen molar-refractivity contribution in [3.8, 4) is 0 Å². The number of nitrogens with one attached hydrogen (secondary N) is 1. The van der Waals surface area contributed by atoms with E-state index in [0.717, 1.165) is 0 Å². The number of alkyl carbamates (subject to hydrolysis) is 1. The van der Waals surface area contributed by atoms with Crippen LogP contribution < -0.4 is 38.2 Å². The van der Waals surface area contributed by atoms with Gasteiger partial charge in [0.1, 0.15) is 42.0 Å². The molecule has 2 N–H and O–H groups in total. The van der Waals surface area contributed by atoms with E-state index in [2.05, 4.69) is 41.7 Å². The highest BCUT2D eigenvalue weighted by Crippen LogP contribution is 2.54. The van der Waals surface area contributed by atoms with Gasteiger partial charge in [-0.3, -0.25) is 0 Å². The Morgan fingerprint density at radius 3 is 1.55 bits per heavy atom. The van der Waals surface area contributed by atoms with E-state index >= 15 is 0 Å². The molecule has 3 aromatic rings. The molecule has 3 rings (SSSR count). The van der Waals surface area contributed by atoms with Crippen molar-refractivity contribution in [2.45, 2.75) is 19.9 Å². The summed E-state index contributed by atoms with van der Waals surface area (Å²) in [4.78, 5) is 23.8. The van der Waals surface area contributed by atoms with Gasteiger partial charge in [-0.2, -0.15) is 0 Å². The highest BCUT2D eigenvalue weighted by atomic mass is 79.9. The molecular formula is C26H29BrNO4P. The smallest absolute Gasteiger partial charge is 0.407 e. The van der Waals surface area contributed by atoms with E-state index in [0.29, 0.717) is 6.16 Å². The summed E-state index contributed by atoms with van der Waals surface area (Å²) in [5.41, 5.74) is 0. The number of amides is 1. The largest absolute Gasteiger partial charge is 1.00 e. The van der Waals surface area contributed by atoms with Gasteiger partial charge in [0.25, 0.3) is 0 Å². The van der Waals surface area contributed by atoms with E-state index in [1.165, 1.54) is 15.9 Å². The van der Waals surface area contributed by atoms with E-state index in [1.54, 1.807) is 13.8 Å². The van der Waals surface area contributed by atoms with E-state index < -0.39 is 25.4 Å². The number of aliphatic carboxylic acids is 1. The minimum Gasteiger partial charge on any atom is -1.00 e. The zero-order chi connectivity index (χ0) is 23.0. The van der Waals surface area contributed by atoms with Crippen molar-refractivity contribution in [1.82, 2.24) is 5.32 Å². The molecule has 3 aromatic carbocycles. The second kappa shape index (κ2) is 12.5. The molecule has 0 unspecified atom stereocenters. The summed E-state index contributed by atoms with van der Waals surface area (Å²) in [6.45, 7) is 3.66. The molecular weight excluding hydrogens is 501 g/mol. The Morgan fingerprint density at radius 2 is 1.21 bits per heavy atom. The van der Waals surface area contributed by atoms with E-state index in [-0.39, 0.29) is 29.5 Å². The molecule has 1 atom stereocenters. The third-order valence-corrected chi connectivity index (χ3v) is 9.85. The van der Waals surface area contributed by atoms with Crippen molar-refractivity contribution >= 4 is 35.2 Å². The van der Waals surface area contributed by atoms with Crippen LogP contribution in [0.5, 0.6) is 0 Å². The Balaban J connectivity index is 0.00000385. The lowest BCUT2D eigenvalue weighted by Crippen LogP contribution is -3.00. The van der Waals surface area contributed by atoms with Gasteiger partial charge in [0, 0.05) is 0 Å². The highest BCUT2D eigenvalue weighted by molar-refractivity contribution is 7.95. The van der Waals surface area contributed by atoms with Gasteiger partial charge in [-0.15, -0.1) is 0 Å². The van der Waals surface area contributed by atoms with Gasteiger partial charge in [-0.25, -0.2) is 9.59 Å². The standard InChI is InChI=1S/C26H28NO4P.BrH/c1-20(2)24(25(28)29)27-26(30)31-18-19-32(21-12-6-3-7-13-21,22-14-8-4-9-15-22)23-16-10-5-11-17-23;/h3-17,20,24H,18-19H2,1-2H3,(H-,27,28,29,30);1H/t24-;/m0./s1. The summed E-state index contributed by atoms with van der Waals surface area (Å²) in [5.74, 6) is -1.32. The predicted octanol–water partition coefficient (Wildman–Crippen LogP) is 0.820. The van der Waals surface area contributed by atoms with Crippen LogP contribution >= 0.6 is 7.26 Å². The number of carboxylic acid groups (broad SMARTS) is 1. The fourth-order valence-electron chi connectivity index (χ4n) is 3.84. The second-order valence-corrected chi connectivity index (χ2v) is 11.5. The molecule has 0 saturated heterocycles. The molecule has 0 spiro atoms. The molecule has 7 heteroatoms. The summed E-state index contributed by atoms with van der Waals surface area (Å²) in [6, 6.07) is 30.0. The van der Waals surface area contributed by atoms with Crippen LogP contribution in [0.3, 0.4) is 0 Å². The van der Waals surface area contributed by atoms with Crippen molar-refractivity contribution in [1.29, 1.82) is 0 Å². The molecule has 0 aliphatic heterocycles. The van der Waals surface area contributed by atoms with Crippen LogP contribution in [0, 0.1) is 5.92 Å². The lowest BCUT2D eigenvalue weighted by molar-refractivity contribution is -0.140. The minimum absolute atomic E-state index is 0. The van der Waals surface area contributed by atoms with Gasteiger partial charge < -0.3 is 32.1 Å². The zero-order valence-electron chi connectivity index (χ0n) is 18.7. The first-order valence-electron chi connectivity index (χ1n) is 10.7. The van der Waals surface area contributed by atoms with Crippen LogP contribution in [0.15, 0.2) is 91.0 Å². The third kappa shape index (κ3) is 6.43. The van der Waals surface area contributed by atoms with Crippen LogP contribution in [0.1, 0.15) is 13.8 Å². The average Bonchev–Trinajstić information content (AvgIpc) is 2.82. The number of benzene rings is 3. The summed E-state index contributed by atoms with van der Waals surface area (Å²) >= 11 is 0. The normalized spacial score (nSPS) is 11.8. The van der Waals surface area contributed by atoms with Crippen molar-refractivity contribution in [3.63, 3.8) is 0 Å². The highest BCUT2D eigenvalue weighted by Gasteiger charge is 2.45. The molecule has 0 saturated carbocycles. The van der Waals surface area contributed by atoms with Gasteiger partial charge in [-0.1, -0.05) is 68.4 Å². The first-order valence-corrected chi connectivity index (χ1v) is 12.6. The maximum atomic E-state index is 12.4. The summed E-state index contributed by atoms with van der Waals surface area (Å²) in [5, 5.41) is 15.4. The number of carboxylic acids is 1. The first-order chi connectivity index (χ1) is 15.4. The van der Waals surface area contributed by atoms with Crippen molar-refractivity contribution in [3.05, 3.63) is 91.0 Å². The molecule has 0 heterocycles. The summed E-state index contributed by atoms with van der Waals surface area (Å²) in [7, 11) is -2.10. The third-order valence-electron chi connectivity index (χ3n) is 5.46. The molecule has 0 bridgehead atoms. The molecule has 174 valence electrons. The molecule has 1 amide bonds. The molecule has 0 aliphatic carbocycles. The van der Waals surface area contributed by atoms with Crippen molar-refractivity contribution < 1.29 is 36.4 Å². The van der Waals surface area contributed by atoms with Gasteiger partial charge in [0.05, 0.1) is 0 Å². The van der Waals surface area contributed by atoms with Gasteiger partial charge in [0.2, 0.25) is 0 Å². The minimum atomic E-state index is -2.10. The van der Waals surface area contributed by atoms with Crippen LogP contribution in [0.4, 0.5) is 4.79 Å². The first kappa shape index (κ1) is 26.6. The molecule has 0 radical (unpaired) electrons. The lowest BCUT2D eigenvalue weighted by Gasteiger charge is -2.27. The average molecular weight is 530 g/mol. The van der Waals surface area contributed by atoms with E-state index in [1.807, 2.05) is 54.6 Å². The summed E-state index contributed by atoms with van der Waals surface area (Å²) in [6.07, 6.45) is -0.101. The summed E-state index contributed by atoms with van der Waals surface area (Å²) < 4.78 is 5.51. The van der Waals surface area contributed by atoms with Crippen LogP contribution in [0.2, 0.25) is 0 Å². The number of carbonyl (C=O) groups excluding carboxylic acids is 1. The fraction of sp³-hybridized carbons (Fsp3) is 0.231. The quantitative estimate of drug-likeness (QED) is 0.402. The second-order valence-electron chi connectivity index (χ2n) is 7.88. The number of rotatable bonds is 9. The number of halogens is 1. The zero-order valence-corrected chi connectivity index (χ0v) is 21.2. The van der Waals surface area contributed by atoms with Crippen LogP contribution in [-0.4, -0.2) is 36.0 Å². The van der Waals surface area contributed by atoms with Gasteiger partial charge >= 0.3 is 12.1 Å². The Kier molecular flexibility index (Phi) is 10.1. The monoisotopic (exact) mass is 529 g/mol. The molecule has 5 nitrogen and oxygen atoms in total. The number of carbonyl (C=O) groups is 2. The number of hydrogen-bond donors (Lipinski definition) is 2. The van der Waals surface area contributed by atoms with Crippen LogP contribution in [0.25, 0.3) is 0 Å². The maximum absolute atomic E-state index is 12.4. The molecule has 0 aromatic heterocycles. The lowest BCUT2D eigenvalue weighted by atomic mass is 10.1. The Bertz CT molecular complexity index is 920. The maximum Gasteiger partial charge on any atom is 0.407 e. The van der Waals surface area contributed by atoms with Crippen LogP contribution in [-0.2, 0) is 9.53 Å². The Hall–Kier alpha value is -2.69. The molecule has 0 aliphatic rings. The Morgan fingerprint density at radius 1 is 0.818 bits per heavy atom. The van der Waals surface area contributed by atoms with Crippen molar-refractivity contribution in [2.24, 2.45) is 5.92 Å². The fourth-order valence-corrected chi connectivity index (χ4v) is 7.92. The van der Waals surface area contributed by atoms with E-state index in [4.69, 9.17) is 4.74 Å².